The Kier molecular flexibility index (Phi) is 14.0. The summed E-state index contributed by atoms with van der Waals surface area (Å²) in [5, 5.41) is 5.97. The Labute approximate surface area is 186 Å². The van der Waals surface area contributed by atoms with Crippen molar-refractivity contribution in [3.8, 4) is 0 Å². The van der Waals surface area contributed by atoms with Crippen molar-refractivity contribution in [3.05, 3.63) is 0 Å². The summed E-state index contributed by atoms with van der Waals surface area (Å²) >= 11 is 0. The summed E-state index contributed by atoms with van der Waals surface area (Å²) in [6, 6.07) is 0. The van der Waals surface area contributed by atoms with Crippen molar-refractivity contribution in [2.45, 2.75) is 40.2 Å². The standard InChI is InChI=1S/C17H35N5O4S.HI/c1-5-7-19-16(23)14-20-17(18-6-2)21-8-10-22(11-9-21)27(24,25)13-12-26-15(3)4;/h15H,5-14H2,1-4H3,(H,18,20)(H,19,23);1H. The number of guanidine groups is 1. The molecule has 166 valence electrons. The molecule has 0 aromatic rings. The number of amides is 1. The van der Waals surface area contributed by atoms with E-state index >= 15 is 0 Å². The summed E-state index contributed by atoms with van der Waals surface area (Å²) in [5.41, 5.74) is 0. The summed E-state index contributed by atoms with van der Waals surface area (Å²) < 4.78 is 31.7. The van der Waals surface area contributed by atoms with Crippen LogP contribution in [-0.4, -0.2) is 93.8 Å². The molecule has 1 fully saturated rings. The Hall–Kier alpha value is -0.660. The Morgan fingerprint density at radius 1 is 1.14 bits per heavy atom. The summed E-state index contributed by atoms with van der Waals surface area (Å²) in [4.78, 5) is 18.1. The fourth-order valence-electron chi connectivity index (χ4n) is 2.59. The molecule has 0 aromatic carbocycles. The molecule has 0 bridgehead atoms. The van der Waals surface area contributed by atoms with Crippen LogP contribution in [0.25, 0.3) is 0 Å². The van der Waals surface area contributed by atoms with Crippen molar-refractivity contribution < 1.29 is 17.9 Å². The van der Waals surface area contributed by atoms with Crippen LogP contribution in [0.1, 0.15) is 34.1 Å². The van der Waals surface area contributed by atoms with Gasteiger partial charge in [-0.05, 0) is 27.2 Å². The second-order valence-corrected chi connectivity index (χ2v) is 8.73. The molecular weight excluding hydrogens is 497 g/mol. The van der Waals surface area contributed by atoms with Crippen LogP contribution in [0.15, 0.2) is 4.99 Å². The predicted molar refractivity (Wildman–Crippen MR) is 123 cm³/mol. The fourth-order valence-corrected chi connectivity index (χ4v) is 3.87. The van der Waals surface area contributed by atoms with Gasteiger partial charge >= 0.3 is 0 Å². The van der Waals surface area contributed by atoms with Crippen LogP contribution in [0.4, 0.5) is 0 Å². The number of nitrogens with zero attached hydrogens (tertiary/aromatic N) is 3. The van der Waals surface area contributed by atoms with E-state index in [1.54, 1.807) is 0 Å². The highest BCUT2D eigenvalue weighted by atomic mass is 127. The zero-order chi connectivity index (χ0) is 20.3. The topological polar surface area (TPSA) is 103 Å². The van der Waals surface area contributed by atoms with Gasteiger partial charge in [0.25, 0.3) is 0 Å². The number of rotatable bonds is 10. The molecule has 1 amide bonds. The molecule has 0 spiro atoms. The number of piperazine rings is 1. The van der Waals surface area contributed by atoms with Crippen LogP contribution in [-0.2, 0) is 19.6 Å². The van der Waals surface area contributed by atoms with Crippen molar-refractivity contribution in [2.75, 3.05) is 58.2 Å². The zero-order valence-electron chi connectivity index (χ0n) is 17.4. The lowest BCUT2D eigenvalue weighted by molar-refractivity contribution is -0.119. The van der Waals surface area contributed by atoms with Crippen LogP contribution in [0, 0.1) is 0 Å². The Morgan fingerprint density at radius 2 is 1.79 bits per heavy atom. The fraction of sp³-hybridized carbons (Fsp3) is 0.882. The normalized spacial score (nSPS) is 16.0. The maximum absolute atomic E-state index is 12.4. The van der Waals surface area contributed by atoms with Crippen molar-refractivity contribution >= 4 is 45.9 Å². The molecule has 1 aliphatic heterocycles. The van der Waals surface area contributed by atoms with Gasteiger partial charge in [0.05, 0.1) is 18.5 Å². The van der Waals surface area contributed by atoms with E-state index < -0.39 is 10.0 Å². The van der Waals surface area contributed by atoms with Crippen molar-refractivity contribution in [1.82, 2.24) is 19.8 Å². The van der Waals surface area contributed by atoms with E-state index in [2.05, 4.69) is 15.6 Å². The molecule has 0 atom stereocenters. The first-order valence-corrected chi connectivity index (χ1v) is 11.3. The van der Waals surface area contributed by atoms with Crippen LogP contribution < -0.4 is 10.6 Å². The van der Waals surface area contributed by atoms with E-state index in [-0.39, 0.29) is 54.9 Å². The first-order valence-electron chi connectivity index (χ1n) is 9.69. The lowest BCUT2D eigenvalue weighted by atomic mass is 10.4. The van der Waals surface area contributed by atoms with Crippen molar-refractivity contribution in [2.24, 2.45) is 4.99 Å². The summed E-state index contributed by atoms with van der Waals surface area (Å²) in [5.74, 6) is 0.527. The van der Waals surface area contributed by atoms with E-state index in [4.69, 9.17) is 4.74 Å². The minimum absolute atomic E-state index is 0. The second-order valence-electron chi connectivity index (χ2n) is 6.64. The highest BCUT2D eigenvalue weighted by Gasteiger charge is 2.28. The lowest BCUT2D eigenvalue weighted by Crippen LogP contribution is -2.54. The van der Waals surface area contributed by atoms with Crippen LogP contribution in [0.2, 0.25) is 0 Å². The number of ether oxygens (including phenoxy) is 1. The van der Waals surface area contributed by atoms with Gasteiger partial charge in [-0.15, -0.1) is 24.0 Å². The van der Waals surface area contributed by atoms with E-state index in [1.165, 1.54) is 4.31 Å². The Bertz CT molecular complexity index is 578. The average molecular weight is 533 g/mol. The third kappa shape index (κ3) is 10.2. The van der Waals surface area contributed by atoms with Gasteiger partial charge in [0.2, 0.25) is 15.9 Å². The van der Waals surface area contributed by atoms with Crippen molar-refractivity contribution in [1.29, 1.82) is 0 Å². The Morgan fingerprint density at radius 3 is 2.32 bits per heavy atom. The second kappa shape index (κ2) is 14.3. The number of aliphatic imine (C=N–C) groups is 1. The van der Waals surface area contributed by atoms with Gasteiger partial charge in [-0.3, -0.25) is 4.79 Å². The highest BCUT2D eigenvalue weighted by molar-refractivity contribution is 14.0. The lowest BCUT2D eigenvalue weighted by Gasteiger charge is -2.35. The average Bonchev–Trinajstić information content (AvgIpc) is 2.63. The van der Waals surface area contributed by atoms with Crippen molar-refractivity contribution in [3.63, 3.8) is 0 Å². The minimum Gasteiger partial charge on any atom is -0.378 e. The summed E-state index contributed by atoms with van der Waals surface area (Å²) in [7, 11) is -3.32. The van der Waals surface area contributed by atoms with Gasteiger partial charge in [0, 0.05) is 39.3 Å². The number of halogens is 1. The summed E-state index contributed by atoms with van der Waals surface area (Å²) in [6.45, 7) is 11.2. The van der Waals surface area contributed by atoms with Gasteiger partial charge in [-0.2, -0.15) is 4.31 Å². The van der Waals surface area contributed by atoms with Gasteiger partial charge < -0.3 is 20.3 Å². The van der Waals surface area contributed by atoms with E-state index in [9.17, 15) is 13.2 Å². The number of sulfonamides is 1. The molecule has 1 heterocycles. The molecule has 9 nitrogen and oxygen atoms in total. The molecule has 1 aliphatic rings. The first kappa shape index (κ1) is 27.3. The van der Waals surface area contributed by atoms with Gasteiger partial charge in [-0.25, -0.2) is 13.4 Å². The molecular formula is C17H36IN5O4S. The van der Waals surface area contributed by atoms with Gasteiger partial charge in [0.1, 0.15) is 6.54 Å². The predicted octanol–water partition coefficient (Wildman–Crippen LogP) is 0.469. The third-order valence-corrected chi connectivity index (χ3v) is 5.84. The molecule has 0 saturated carbocycles. The monoisotopic (exact) mass is 533 g/mol. The Balaban J connectivity index is 0.00000729. The smallest absolute Gasteiger partial charge is 0.241 e. The van der Waals surface area contributed by atoms with Crippen LogP contribution in [0.3, 0.4) is 0 Å². The summed E-state index contributed by atoms with van der Waals surface area (Å²) in [6.07, 6.45) is 0.902. The number of carbonyl (C=O) groups is 1. The number of hydrogen-bond acceptors (Lipinski definition) is 5. The number of hydrogen-bond donors (Lipinski definition) is 2. The first-order chi connectivity index (χ1) is 12.8. The zero-order valence-corrected chi connectivity index (χ0v) is 20.6. The van der Waals surface area contributed by atoms with Crippen LogP contribution >= 0.6 is 24.0 Å². The SMILES string of the molecule is CCCNC(=O)CN=C(NCC)N1CCN(S(=O)(=O)CCOC(C)C)CC1.I. The molecule has 0 unspecified atom stereocenters. The largest absolute Gasteiger partial charge is 0.378 e. The molecule has 11 heteroatoms. The molecule has 0 aliphatic carbocycles. The third-order valence-electron chi connectivity index (χ3n) is 4.00. The van der Waals surface area contributed by atoms with E-state index in [0.29, 0.717) is 45.2 Å². The molecule has 0 radical (unpaired) electrons. The van der Waals surface area contributed by atoms with E-state index in [1.807, 2.05) is 32.6 Å². The maximum Gasteiger partial charge on any atom is 0.241 e. The number of carbonyl (C=O) groups excluding carboxylic acids is 1. The molecule has 1 rings (SSSR count). The molecule has 1 saturated heterocycles. The molecule has 28 heavy (non-hydrogen) atoms. The van der Waals surface area contributed by atoms with E-state index in [0.717, 1.165) is 6.42 Å². The highest BCUT2D eigenvalue weighted by Crippen LogP contribution is 2.09. The minimum atomic E-state index is -3.32. The molecule has 0 aromatic heterocycles. The van der Waals surface area contributed by atoms with Gasteiger partial charge in [0.15, 0.2) is 5.96 Å². The van der Waals surface area contributed by atoms with Crippen LogP contribution in [0.5, 0.6) is 0 Å². The van der Waals surface area contributed by atoms with Gasteiger partial charge in [-0.1, -0.05) is 6.92 Å². The quantitative estimate of drug-likeness (QED) is 0.241. The maximum atomic E-state index is 12.4. The number of nitrogens with one attached hydrogen (secondary N) is 2. The molecule has 2 N–H and O–H groups in total.